The molecular formula is C16H20ClN3. The van der Waals surface area contributed by atoms with E-state index in [-0.39, 0.29) is 0 Å². The Labute approximate surface area is 124 Å². The number of aromatic nitrogens is 2. The van der Waals surface area contributed by atoms with Crippen LogP contribution in [0.3, 0.4) is 0 Å². The van der Waals surface area contributed by atoms with Gasteiger partial charge in [0.1, 0.15) is 0 Å². The Morgan fingerprint density at radius 1 is 1.35 bits per heavy atom. The SMILES string of the molecule is CC(C)NCc1cnn(-c2ccccc2Cl)c1C1CC1. The van der Waals surface area contributed by atoms with E-state index in [2.05, 4.69) is 24.3 Å². The average molecular weight is 290 g/mol. The summed E-state index contributed by atoms with van der Waals surface area (Å²) in [5.41, 5.74) is 3.60. The Hall–Kier alpha value is -1.32. The zero-order valence-corrected chi connectivity index (χ0v) is 12.7. The van der Waals surface area contributed by atoms with Gasteiger partial charge >= 0.3 is 0 Å². The van der Waals surface area contributed by atoms with E-state index in [1.165, 1.54) is 24.1 Å². The highest BCUT2D eigenvalue weighted by Crippen LogP contribution is 2.43. The van der Waals surface area contributed by atoms with E-state index in [1.54, 1.807) is 0 Å². The lowest BCUT2D eigenvalue weighted by Crippen LogP contribution is -2.22. The summed E-state index contributed by atoms with van der Waals surface area (Å²) in [6.07, 6.45) is 4.49. The molecule has 20 heavy (non-hydrogen) atoms. The molecule has 0 unspecified atom stereocenters. The van der Waals surface area contributed by atoms with Gasteiger partial charge in [-0.3, -0.25) is 0 Å². The largest absolute Gasteiger partial charge is 0.310 e. The molecule has 1 aromatic heterocycles. The summed E-state index contributed by atoms with van der Waals surface area (Å²) in [6, 6.07) is 8.38. The topological polar surface area (TPSA) is 29.9 Å². The molecule has 106 valence electrons. The number of nitrogens with zero attached hydrogens (tertiary/aromatic N) is 2. The minimum atomic E-state index is 0.478. The quantitative estimate of drug-likeness (QED) is 0.905. The number of benzene rings is 1. The minimum absolute atomic E-state index is 0.478. The summed E-state index contributed by atoms with van der Waals surface area (Å²) < 4.78 is 2.03. The van der Waals surface area contributed by atoms with Gasteiger partial charge in [-0.1, -0.05) is 37.6 Å². The standard InChI is InChI=1S/C16H20ClN3/c1-11(2)18-9-13-10-19-20(16(13)12-7-8-12)15-6-4-3-5-14(15)17/h3-6,10-12,18H,7-9H2,1-2H3. The molecule has 1 fully saturated rings. The molecule has 4 heteroatoms. The molecule has 3 nitrogen and oxygen atoms in total. The Bertz CT molecular complexity index is 600. The van der Waals surface area contributed by atoms with Crippen LogP contribution in [0.1, 0.15) is 43.9 Å². The van der Waals surface area contributed by atoms with E-state index >= 15 is 0 Å². The van der Waals surface area contributed by atoms with Crippen molar-refractivity contribution < 1.29 is 0 Å². The smallest absolute Gasteiger partial charge is 0.0835 e. The van der Waals surface area contributed by atoms with Crippen LogP contribution in [0.5, 0.6) is 0 Å². The molecule has 1 saturated carbocycles. The highest BCUT2D eigenvalue weighted by molar-refractivity contribution is 6.32. The van der Waals surface area contributed by atoms with Crippen molar-refractivity contribution in [3.05, 3.63) is 46.7 Å². The third-order valence-corrected chi connectivity index (χ3v) is 3.95. The first-order valence-electron chi connectivity index (χ1n) is 7.22. The number of halogens is 1. The first kappa shape index (κ1) is 13.7. The minimum Gasteiger partial charge on any atom is -0.310 e. The fourth-order valence-electron chi connectivity index (χ4n) is 2.45. The number of hydrogen-bond acceptors (Lipinski definition) is 2. The summed E-state index contributed by atoms with van der Waals surface area (Å²) >= 11 is 6.32. The molecule has 1 aliphatic carbocycles. The summed E-state index contributed by atoms with van der Waals surface area (Å²) in [5.74, 6) is 0.637. The van der Waals surface area contributed by atoms with E-state index in [9.17, 15) is 0 Å². The van der Waals surface area contributed by atoms with Crippen molar-refractivity contribution in [3.8, 4) is 5.69 Å². The van der Waals surface area contributed by atoms with Gasteiger partial charge in [0.15, 0.2) is 0 Å². The van der Waals surface area contributed by atoms with Crippen LogP contribution in [0.25, 0.3) is 5.69 Å². The summed E-state index contributed by atoms with van der Waals surface area (Å²) in [6.45, 7) is 5.19. The van der Waals surface area contributed by atoms with Crippen LogP contribution in [0, 0.1) is 0 Å². The second-order valence-electron chi connectivity index (χ2n) is 5.73. The molecule has 0 radical (unpaired) electrons. The van der Waals surface area contributed by atoms with Crippen molar-refractivity contribution in [2.75, 3.05) is 0 Å². The Morgan fingerprint density at radius 2 is 2.10 bits per heavy atom. The molecule has 1 heterocycles. The van der Waals surface area contributed by atoms with Crippen LogP contribution in [0.15, 0.2) is 30.5 Å². The molecule has 1 aliphatic rings. The fraction of sp³-hybridized carbons (Fsp3) is 0.438. The third-order valence-electron chi connectivity index (χ3n) is 3.63. The second-order valence-corrected chi connectivity index (χ2v) is 6.14. The fourth-order valence-corrected chi connectivity index (χ4v) is 2.67. The van der Waals surface area contributed by atoms with Gasteiger partial charge in [-0.05, 0) is 25.0 Å². The number of nitrogens with one attached hydrogen (secondary N) is 1. The molecule has 3 rings (SSSR count). The lowest BCUT2D eigenvalue weighted by atomic mass is 10.1. The molecule has 1 N–H and O–H groups in total. The maximum absolute atomic E-state index is 6.32. The van der Waals surface area contributed by atoms with Gasteiger partial charge in [-0.25, -0.2) is 4.68 Å². The first-order chi connectivity index (χ1) is 9.66. The number of para-hydroxylation sites is 1. The van der Waals surface area contributed by atoms with Crippen molar-refractivity contribution >= 4 is 11.6 Å². The Balaban J connectivity index is 1.97. The summed E-state index contributed by atoms with van der Waals surface area (Å²) in [4.78, 5) is 0. The monoisotopic (exact) mass is 289 g/mol. The van der Waals surface area contributed by atoms with E-state index in [0.29, 0.717) is 12.0 Å². The number of hydrogen-bond donors (Lipinski definition) is 1. The average Bonchev–Trinajstić information content (AvgIpc) is 3.17. The van der Waals surface area contributed by atoms with Crippen LogP contribution < -0.4 is 5.32 Å². The van der Waals surface area contributed by atoms with Crippen LogP contribution >= 0.6 is 11.6 Å². The van der Waals surface area contributed by atoms with Gasteiger partial charge in [0.05, 0.1) is 22.6 Å². The van der Waals surface area contributed by atoms with Crippen LogP contribution in [0.4, 0.5) is 0 Å². The van der Waals surface area contributed by atoms with Crippen molar-refractivity contribution in [3.63, 3.8) is 0 Å². The molecule has 0 amide bonds. The van der Waals surface area contributed by atoms with E-state index in [1.807, 2.05) is 35.1 Å². The number of rotatable bonds is 5. The molecule has 0 atom stereocenters. The molecule has 0 saturated heterocycles. The molecular weight excluding hydrogens is 270 g/mol. The maximum atomic E-state index is 6.32. The molecule has 2 aromatic rings. The van der Waals surface area contributed by atoms with Gasteiger partial charge in [0.25, 0.3) is 0 Å². The highest BCUT2D eigenvalue weighted by Gasteiger charge is 2.30. The van der Waals surface area contributed by atoms with Gasteiger partial charge in [-0.2, -0.15) is 5.10 Å². The van der Waals surface area contributed by atoms with Crippen molar-refractivity contribution in [1.82, 2.24) is 15.1 Å². The normalized spacial score (nSPS) is 15.0. The molecule has 0 aliphatic heterocycles. The van der Waals surface area contributed by atoms with E-state index in [0.717, 1.165) is 17.3 Å². The zero-order valence-electron chi connectivity index (χ0n) is 11.9. The van der Waals surface area contributed by atoms with Gasteiger partial charge in [-0.15, -0.1) is 0 Å². The first-order valence-corrected chi connectivity index (χ1v) is 7.59. The Kier molecular flexibility index (Phi) is 3.81. The van der Waals surface area contributed by atoms with Gasteiger partial charge < -0.3 is 5.32 Å². The lowest BCUT2D eigenvalue weighted by molar-refractivity contribution is 0.585. The van der Waals surface area contributed by atoms with Crippen LogP contribution in [-0.4, -0.2) is 15.8 Å². The summed E-state index contributed by atoms with van der Waals surface area (Å²) in [7, 11) is 0. The van der Waals surface area contributed by atoms with Crippen molar-refractivity contribution in [1.29, 1.82) is 0 Å². The van der Waals surface area contributed by atoms with Crippen molar-refractivity contribution in [2.45, 2.75) is 45.2 Å². The van der Waals surface area contributed by atoms with E-state index in [4.69, 9.17) is 11.6 Å². The van der Waals surface area contributed by atoms with Crippen molar-refractivity contribution in [2.24, 2.45) is 0 Å². The lowest BCUT2D eigenvalue weighted by Gasteiger charge is -2.12. The van der Waals surface area contributed by atoms with Gasteiger partial charge in [0.2, 0.25) is 0 Å². The predicted molar refractivity (Wildman–Crippen MR) is 82.5 cm³/mol. The van der Waals surface area contributed by atoms with Crippen LogP contribution in [-0.2, 0) is 6.54 Å². The summed E-state index contributed by atoms with van der Waals surface area (Å²) in [5, 5.41) is 8.81. The molecule has 0 bridgehead atoms. The molecule has 1 aromatic carbocycles. The zero-order chi connectivity index (χ0) is 14.1. The Morgan fingerprint density at radius 3 is 2.75 bits per heavy atom. The maximum Gasteiger partial charge on any atom is 0.0835 e. The molecule has 0 spiro atoms. The van der Waals surface area contributed by atoms with Crippen LogP contribution in [0.2, 0.25) is 5.02 Å². The predicted octanol–water partition coefficient (Wildman–Crippen LogP) is 3.90. The van der Waals surface area contributed by atoms with Gasteiger partial charge in [0, 0.05) is 24.1 Å². The second kappa shape index (κ2) is 5.58. The highest BCUT2D eigenvalue weighted by atomic mass is 35.5. The third kappa shape index (κ3) is 2.74. The van der Waals surface area contributed by atoms with E-state index < -0.39 is 0 Å².